The molecule has 0 saturated carbocycles. The van der Waals surface area contributed by atoms with E-state index in [9.17, 15) is 0 Å². The smallest absolute Gasteiger partial charge is 0.191 e. The molecule has 0 N–H and O–H groups in total. The predicted octanol–water partition coefficient (Wildman–Crippen LogP) is 3.16. The second kappa shape index (κ2) is 5.97. The van der Waals surface area contributed by atoms with E-state index in [1.807, 2.05) is 12.1 Å². The van der Waals surface area contributed by atoms with Crippen LogP contribution in [0.1, 0.15) is 0 Å². The molecule has 11 heteroatoms. The average molecular weight is 401 g/mol. The number of nitrogens with zero attached hydrogens (tertiary/aromatic N) is 9. The third-order valence-electron chi connectivity index (χ3n) is 4.01. The average Bonchev–Trinajstić information content (AvgIpc) is 3.37. The van der Waals surface area contributed by atoms with E-state index in [1.165, 1.54) is 35.3 Å². The van der Waals surface area contributed by atoms with Crippen LogP contribution in [0.3, 0.4) is 0 Å². The first-order chi connectivity index (χ1) is 13.8. The quantitative estimate of drug-likeness (QED) is 0.431. The number of fused-ring (bicyclic) bond motifs is 3. The molecule has 6 aromatic heterocycles. The molecule has 0 unspecified atom stereocenters. The monoisotopic (exact) mass is 401 g/mol. The van der Waals surface area contributed by atoms with Crippen molar-refractivity contribution in [3.05, 3.63) is 43.4 Å². The number of rotatable bonds is 2. The van der Waals surface area contributed by atoms with Gasteiger partial charge < -0.3 is 0 Å². The molecule has 28 heavy (non-hydrogen) atoms. The van der Waals surface area contributed by atoms with E-state index in [2.05, 4.69) is 39.9 Å². The highest BCUT2D eigenvalue weighted by atomic mass is 32.1. The van der Waals surface area contributed by atoms with Gasteiger partial charge in [-0.3, -0.25) is 0 Å². The lowest BCUT2D eigenvalue weighted by molar-refractivity contribution is 1.16. The maximum absolute atomic E-state index is 4.78. The summed E-state index contributed by atoms with van der Waals surface area (Å²) >= 11 is 2.89. The molecule has 6 rings (SSSR count). The first-order valence-electron chi connectivity index (χ1n) is 8.12. The summed E-state index contributed by atoms with van der Waals surface area (Å²) in [5.74, 6) is 0.481. The fourth-order valence-corrected chi connectivity index (χ4v) is 4.51. The van der Waals surface area contributed by atoms with E-state index < -0.39 is 0 Å². The Balaban J connectivity index is 1.63. The lowest BCUT2D eigenvalue weighted by atomic mass is 10.2. The van der Waals surface area contributed by atoms with Gasteiger partial charge in [0.1, 0.15) is 33.7 Å². The molecule has 0 amide bonds. The molecule has 0 radical (unpaired) electrons. The zero-order valence-electron chi connectivity index (χ0n) is 13.9. The van der Waals surface area contributed by atoms with Gasteiger partial charge in [-0.25, -0.2) is 44.9 Å². The zero-order valence-corrected chi connectivity index (χ0v) is 15.5. The van der Waals surface area contributed by atoms with E-state index in [-0.39, 0.29) is 0 Å². The summed E-state index contributed by atoms with van der Waals surface area (Å²) < 4.78 is 0.874. The molecule has 0 saturated heterocycles. The van der Waals surface area contributed by atoms with E-state index in [4.69, 9.17) is 4.98 Å². The third kappa shape index (κ3) is 2.41. The van der Waals surface area contributed by atoms with Gasteiger partial charge in [-0.15, -0.1) is 11.3 Å². The van der Waals surface area contributed by atoms with Crippen molar-refractivity contribution >= 4 is 54.4 Å². The lowest BCUT2D eigenvalue weighted by Crippen LogP contribution is -1.96. The number of thiazole rings is 2. The maximum Gasteiger partial charge on any atom is 0.191 e. The van der Waals surface area contributed by atoms with Gasteiger partial charge in [0.05, 0.1) is 10.9 Å². The van der Waals surface area contributed by atoms with Crippen molar-refractivity contribution in [2.45, 2.75) is 0 Å². The van der Waals surface area contributed by atoms with Crippen LogP contribution in [0.4, 0.5) is 0 Å². The van der Waals surface area contributed by atoms with Crippen LogP contribution in [0.25, 0.3) is 53.3 Å². The minimum absolute atomic E-state index is 0.481. The molecular formula is C17H7N9S2. The third-order valence-corrected chi connectivity index (χ3v) is 5.97. The highest BCUT2D eigenvalue weighted by Crippen LogP contribution is 2.34. The minimum atomic E-state index is 0.481. The van der Waals surface area contributed by atoms with E-state index >= 15 is 0 Å². The predicted molar refractivity (Wildman–Crippen MR) is 106 cm³/mol. The van der Waals surface area contributed by atoms with Crippen molar-refractivity contribution in [2.24, 2.45) is 0 Å². The van der Waals surface area contributed by atoms with Crippen LogP contribution in [0, 0.1) is 0 Å². The van der Waals surface area contributed by atoms with Crippen molar-refractivity contribution in [1.82, 2.24) is 44.9 Å². The highest BCUT2D eigenvalue weighted by Gasteiger charge is 2.18. The molecule has 0 spiro atoms. The number of aromatic nitrogens is 9. The molecule has 0 atom stereocenters. The van der Waals surface area contributed by atoms with Crippen LogP contribution in [0.2, 0.25) is 0 Å². The first-order valence-corrected chi connectivity index (χ1v) is 9.75. The minimum Gasteiger partial charge on any atom is -0.243 e. The Morgan fingerprint density at radius 3 is 2.61 bits per heavy atom. The summed E-state index contributed by atoms with van der Waals surface area (Å²) in [5.41, 5.74) is 2.63. The molecule has 0 aliphatic heterocycles. The standard InChI is InChI=1S/C17H7N9S2/c1-2-8-11(16-23-9-4-18-7-22-15(9)28-16)24-14(25-12(8)20-3-1)17-26-13-10(27-17)5-19-6-21-13/h1-7H. The Labute approximate surface area is 164 Å². The van der Waals surface area contributed by atoms with Gasteiger partial charge in [0.15, 0.2) is 22.1 Å². The van der Waals surface area contributed by atoms with E-state index in [1.54, 1.807) is 18.6 Å². The summed E-state index contributed by atoms with van der Waals surface area (Å²) in [7, 11) is 0. The molecule has 6 aromatic rings. The second-order valence-corrected chi connectivity index (χ2v) is 7.74. The van der Waals surface area contributed by atoms with Gasteiger partial charge >= 0.3 is 0 Å². The Morgan fingerprint density at radius 2 is 1.68 bits per heavy atom. The van der Waals surface area contributed by atoms with Crippen molar-refractivity contribution in [3.8, 4) is 21.5 Å². The Hall–Kier alpha value is -3.57. The number of pyridine rings is 1. The second-order valence-electron chi connectivity index (χ2n) is 5.73. The van der Waals surface area contributed by atoms with Gasteiger partial charge in [-0.05, 0) is 12.1 Å². The SMILES string of the molecule is c1cnc2nc(-c3nc4ncncc4s3)nc(-c3nc4cncnc4s3)c2c1. The lowest BCUT2D eigenvalue weighted by Gasteiger charge is -2.04. The molecule has 132 valence electrons. The molecule has 9 nitrogen and oxygen atoms in total. The van der Waals surface area contributed by atoms with Crippen LogP contribution in [-0.4, -0.2) is 44.9 Å². The van der Waals surface area contributed by atoms with Crippen LogP contribution < -0.4 is 0 Å². The summed E-state index contributed by atoms with van der Waals surface area (Å²) in [6.07, 6.45) is 8.11. The van der Waals surface area contributed by atoms with Gasteiger partial charge in [-0.2, -0.15) is 0 Å². The maximum atomic E-state index is 4.78. The fourth-order valence-electron chi connectivity index (χ4n) is 2.80. The van der Waals surface area contributed by atoms with Crippen molar-refractivity contribution in [1.29, 1.82) is 0 Å². The Morgan fingerprint density at radius 1 is 0.750 bits per heavy atom. The number of hydrogen-bond acceptors (Lipinski definition) is 11. The number of hydrogen-bond donors (Lipinski definition) is 0. The summed E-state index contributed by atoms with van der Waals surface area (Å²) in [5, 5.41) is 2.21. The molecule has 0 aromatic carbocycles. The van der Waals surface area contributed by atoms with Gasteiger partial charge in [0, 0.05) is 17.8 Å². The van der Waals surface area contributed by atoms with Gasteiger partial charge in [0.25, 0.3) is 0 Å². The van der Waals surface area contributed by atoms with Gasteiger partial charge in [-0.1, -0.05) is 11.3 Å². The van der Waals surface area contributed by atoms with Crippen molar-refractivity contribution < 1.29 is 0 Å². The fraction of sp³-hybridized carbons (Fsp3) is 0. The van der Waals surface area contributed by atoms with Gasteiger partial charge in [0.2, 0.25) is 0 Å². The first kappa shape index (κ1) is 15.5. The van der Waals surface area contributed by atoms with Crippen LogP contribution in [0.5, 0.6) is 0 Å². The van der Waals surface area contributed by atoms with Crippen molar-refractivity contribution in [3.63, 3.8) is 0 Å². The molecule has 0 aliphatic carbocycles. The van der Waals surface area contributed by atoms with Crippen LogP contribution >= 0.6 is 22.7 Å². The largest absolute Gasteiger partial charge is 0.243 e. The van der Waals surface area contributed by atoms with Crippen LogP contribution in [0.15, 0.2) is 43.4 Å². The summed E-state index contributed by atoms with van der Waals surface area (Å²) in [6.45, 7) is 0. The van der Waals surface area contributed by atoms with Crippen LogP contribution in [-0.2, 0) is 0 Å². The molecule has 0 aliphatic rings. The topological polar surface area (TPSA) is 116 Å². The van der Waals surface area contributed by atoms with Crippen molar-refractivity contribution in [2.75, 3.05) is 0 Å². The van der Waals surface area contributed by atoms with E-state index in [0.29, 0.717) is 27.8 Å². The Bertz CT molecular complexity index is 1420. The molecule has 0 bridgehead atoms. The molecule has 0 fully saturated rings. The Kier molecular flexibility index (Phi) is 3.30. The highest BCUT2D eigenvalue weighted by molar-refractivity contribution is 7.21. The summed E-state index contributed by atoms with van der Waals surface area (Å²) in [6, 6.07) is 3.79. The van der Waals surface area contributed by atoms with E-state index in [0.717, 1.165) is 25.4 Å². The zero-order chi connectivity index (χ0) is 18.5. The summed E-state index contributed by atoms with van der Waals surface area (Å²) in [4.78, 5) is 40.3. The molecule has 6 heterocycles. The normalized spacial score (nSPS) is 11.6. The molecular weight excluding hydrogens is 394 g/mol.